The zero-order valence-corrected chi connectivity index (χ0v) is 15.1. The number of aliphatic hydroxyl groups excluding tert-OH is 1. The van der Waals surface area contributed by atoms with Crippen molar-refractivity contribution in [3.63, 3.8) is 0 Å². The molecule has 0 aliphatic carbocycles. The van der Waals surface area contributed by atoms with Crippen LogP contribution >= 0.6 is 0 Å². The van der Waals surface area contributed by atoms with E-state index in [-0.39, 0.29) is 18.4 Å². The number of carbonyl (C=O) groups is 1. The van der Waals surface area contributed by atoms with Crippen molar-refractivity contribution in [1.82, 2.24) is 24.5 Å². The molecule has 1 atom stereocenters. The first-order chi connectivity index (χ1) is 13.2. The zero-order chi connectivity index (χ0) is 18.6. The largest absolute Gasteiger partial charge is 0.454 e. The molecule has 3 aromatic heterocycles. The number of hydrogen-bond donors (Lipinski definition) is 1. The molecule has 1 aliphatic heterocycles. The van der Waals surface area contributed by atoms with Gasteiger partial charge in [-0.3, -0.25) is 14.2 Å². The molecule has 0 saturated carbocycles. The van der Waals surface area contributed by atoms with Gasteiger partial charge in [-0.2, -0.15) is 10.2 Å². The Morgan fingerprint density at radius 1 is 1.26 bits per heavy atom. The predicted octanol–water partition coefficient (Wildman–Crippen LogP) is 1.73. The van der Waals surface area contributed by atoms with E-state index in [1.807, 2.05) is 35.5 Å². The molecule has 8 nitrogen and oxygen atoms in total. The van der Waals surface area contributed by atoms with E-state index < -0.39 is 0 Å². The van der Waals surface area contributed by atoms with E-state index in [2.05, 4.69) is 10.2 Å². The van der Waals surface area contributed by atoms with Gasteiger partial charge in [-0.25, -0.2) is 0 Å². The molecule has 8 heteroatoms. The number of aromatic nitrogens is 4. The average Bonchev–Trinajstić information content (AvgIpc) is 3.44. The number of furan rings is 1. The number of piperidine rings is 1. The highest BCUT2D eigenvalue weighted by Crippen LogP contribution is 2.27. The zero-order valence-electron chi connectivity index (χ0n) is 15.1. The van der Waals surface area contributed by atoms with E-state index in [9.17, 15) is 4.79 Å². The van der Waals surface area contributed by atoms with Gasteiger partial charge < -0.3 is 14.4 Å². The van der Waals surface area contributed by atoms with Crippen LogP contribution in [-0.4, -0.2) is 55.2 Å². The second-order valence-electron chi connectivity index (χ2n) is 6.79. The molecular weight excluding hydrogens is 346 g/mol. The van der Waals surface area contributed by atoms with Gasteiger partial charge in [0.1, 0.15) is 5.76 Å². The number of rotatable bonds is 6. The quantitative estimate of drug-likeness (QED) is 0.715. The maximum absolute atomic E-state index is 12.9. The molecule has 1 aliphatic rings. The van der Waals surface area contributed by atoms with Crippen LogP contribution in [0.4, 0.5) is 0 Å². The van der Waals surface area contributed by atoms with Crippen molar-refractivity contribution in [2.75, 3.05) is 19.7 Å². The lowest BCUT2D eigenvalue weighted by molar-refractivity contribution is 0.0671. The molecule has 0 aromatic carbocycles. The van der Waals surface area contributed by atoms with E-state index in [1.54, 1.807) is 21.6 Å². The standard InChI is InChI=1S/C19H23N5O3/c25-12-11-23-10-6-17(21-23)15-3-1-8-22(13-15)19(26)18-5-4-16(27-18)14-24-9-2-7-20-24/h2,4-7,9-10,15,25H,1,3,8,11-14H2/t15-/m0/s1. The Labute approximate surface area is 157 Å². The second kappa shape index (κ2) is 7.79. The summed E-state index contributed by atoms with van der Waals surface area (Å²) in [5.41, 5.74) is 0.972. The molecule has 4 heterocycles. The van der Waals surface area contributed by atoms with E-state index in [0.717, 1.165) is 25.1 Å². The van der Waals surface area contributed by atoms with E-state index in [0.29, 0.717) is 31.2 Å². The van der Waals surface area contributed by atoms with Crippen LogP contribution in [0.1, 0.15) is 40.8 Å². The molecule has 1 fully saturated rings. The number of amides is 1. The molecule has 0 bridgehead atoms. The van der Waals surface area contributed by atoms with Crippen molar-refractivity contribution in [3.8, 4) is 0 Å². The molecule has 1 N–H and O–H groups in total. The summed E-state index contributed by atoms with van der Waals surface area (Å²) in [6.07, 6.45) is 7.38. The van der Waals surface area contributed by atoms with Crippen LogP contribution < -0.4 is 0 Å². The Hall–Kier alpha value is -2.87. The van der Waals surface area contributed by atoms with Crippen molar-refractivity contribution in [2.24, 2.45) is 0 Å². The summed E-state index contributed by atoms with van der Waals surface area (Å²) in [6, 6.07) is 7.39. The fraction of sp³-hybridized carbons (Fsp3) is 0.421. The Bertz CT molecular complexity index is 883. The predicted molar refractivity (Wildman–Crippen MR) is 97.2 cm³/mol. The van der Waals surface area contributed by atoms with Crippen molar-refractivity contribution < 1.29 is 14.3 Å². The number of hydrogen-bond acceptors (Lipinski definition) is 5. The SMILES string of the molecule is O=C(c1ccc(Cn2cccn2)o1)N1CCC[C@H](c2ccn(CCO)n2)C1. The summed E-state index contributed by atoms with van der Waals surface area (Å²) >= 11 is 0. The van der Waals surface area contributed by atoms with Gasteiger partial charge in [0, 0.05) is 37.6 Å². The van der Waals surface area contributed by atoms with Gasteiger partial charge in [0.15, 0.2) is 5.76 Å². The fourth-order valence-corrected chi connectivity index (χ4v) is 3.51. The van der Waals surface area contributed by atoms with Gasteiger partial charge in [-0.15, -0.1) is 0 Å². The molecular formula is C19H23N5O3. The Morgan fingerprint density at radius 3 is 3.00 bits per heavy atom. The summed E-state index contributed by atoms with van der Waals surface area (Å²) in [6.45, 7) is 2.41. The van der Waals surface area contributed by atoms with Crippen LogP contribution in [0.25, 0.3) is 0 Å². The average molecular weight is 369 g/mol. The second-order valence-corrected chi connectivity index (χ2v) is 6.79. The molecule has 142 valence electrons. The van der Waals surface area contributed by atoms with Crippen LogP contribution in [0, 0.1) is 0 Å². The van der Waals surface area contributed by atoms with E-state index >= 15 is 0 Å². The van der Waals surface area contributed by atoms with Crippen molar-refractivity contribution >= 4 is 5.91 Å². The van der Waals surface area contributed by atoms with Crippen LogP contribution in [0.15, 0.2) is 47.3 Å². The van der Waals surface area contributed by atoms with Crippen LogP contribution in [0.3, 0.4) is 0 Å². The third kappa shape index (κ3) is 3.95. The first kappa shape index (κ1) is 17.5. The van der Waals surface area contributed by atoms with Crippen molar-refractivity contribution in [3.05, 3.63) is 60.1 Å². The minimum absolute atomic E-state index is 0.0652. The number of nitrogens with zero attached hydrogens (tertiary/aromatic N) is 5. The van der Waals surface area contributed by atoms with Gasteiger partial charge in [-0.05, 0) is 37.1 Å². The Morgan fingerprint density at radius 2 is 2.19 bits per heavy atom. The minimum Gasteiger partial charge on any atom is -0.454 e. The third-order valence-electron chi connectivity index (χ3n) is 4.87. The van der Waals surface area contributed by atoms with Crippen LogP contribution in [0.5, 0.6) is 0 Å². The summed E-state index contributed by atoms with van der Waals surface area (Å²) < 4.78 is 9.25. The fourth-order valence-electron chi connectivity index (χ4n) is 3.51. The monoisotopic (exact) mass is 369 g/mol. The highest BCUT2D eigenvalue weighted by Gasteiger charge is 2.28. The summed E-state index contributed by atoms with van der Waals surface area (Å²) in [5, 5.41) is 17.7. The summed E-state index contributed by atoms with van der Waals surface area (Å²) in [4.78, 5) is 14.7. The summed E-state index contributed by atoms with van der Waals surface area (Å²) in [5.74, 6) is 1.20. The number of aliphatic hydroxyl groups is 1. The molecule has 27 heavy (non-hydrogen) atoms. The lowest BCUT2D eigenvalue weighted by Crippen LogP contribution is -2.39. The van der Waals surface area contributed by atoms with Gasteiger partial charge in [-0.1, -0.05) is 0 Å². The molecule has 3 aromatic rings. The maximum atomic E-state index is 12.9. The molecule has 0 spiro atoms. The lowest BCUT2D eigenvalue weighted by Gasteiger charge is -2.31. The van der Waals surface area contributed by atoms with Gasteiger partial charge in [0.2, 0.25) is 0 Å². The maximum Gasteiger partial charge on any atom is 0.289 e. The smallest absolute Gasteiger partial charge is 0.289 e. The van der Waals surface area contributed by atoms with Crippen molar-refractivity contribution in [2.45, 2.75) is 31.8 Å². The first-order valence-corrected chi connectivity index (χ1v) is 9.22. The van der Waals surface area contributed by atoms with Gasteiger partial charge >= 0.3 is 0 Å². The van der Waals surface area contributed by atoms with Gasteiger partial charge in [0.25, 0.3) is 5.91 Å². The van der Waals surface area contributed by atoms with Crippen molar-refractivity contribution in [1.29, 1.82) is 0 Å². The van der Waals surface area contributed by atoms with E-state index in [1.165, 1.54) is 0 Å². The molecule has 1 saturated heterocycles. The minimum atomic E-state index is -0.0822. The molecule has 4 rings (SSSR count). The lowest BCUT2D eigenvalue weighted by atomic mass is 9.95. The number of carbonyl (C=O) groups excluding carboxylic acids is 1. The van der Waals surface area contributed by atoms with Gasteiger partial charge in [0.05, 0.1) is 25.4 Å². The third-order valence-corrected chi connectivity index (χ3v) is 4.87. The topological polar surface area (TPSA) is 89.3 Å². The normalized spacial score (nSPS) is 17.4. The highest BCUT2D eigenvalue weighted by atomic mass is 16.4. The molecule has 0 radical (unpaired) electrons. The summed E-state index contributed by atoms with van der Waals surface area (Å²) in [7, 11) is 0. The molecule has 1 amide bonds. The first-order valence-electron chi connectivity index (χ1n) is 9.22. The number of likely N-dealkylation sites (tertiary alicyclic amines) is 1. The Balaban J connectivity index is 1.41. The highest BCUT2D eigenvalue weighted by molar-refractivity contribution is 5.91. The van der Waals surface area contributed by atoms with Crippen LogP contribution in [0.2, 0.25) is 0 Å². The molecule has 0 unspecified atom stereocenters. The van der Waals surface area contributed by atoms with E-state index in [4.69, 9.17) is 9.52 Å². The van der Waals surface area contributed by atoms with Crippen LogP contribution in [-0.2, 0) is 13.1 Å². The Kier molecular flexibility index (Phi) is 5.06.